The fourth-order valence-electron chi connectivity index (χ4n) is 4.18. The summed E-state index contributed by atoms with van der Waals surface area (Å²) in [5.74, 6) is 0.946. The van der Waals surface area contributed by atoms with Crippen LogP contribution in [-0.2, 0) is 10.2 Å². The molecule has 1 saturated heterocycles. The molecule has 0 atom stereocenters. The molecule has 2 aliphatic rings. The Hall–Kier alpha value is -0.820. The van der Waals surface area contributed by atoms with Crippen molar-refractivity contribution in [2.75, 3.05) is 26.8 Å². The highest BCUT2D eigenvalue weighted by Crippen LogP contribution is 2.36. The normalized spacial score (nSPS) is 20.8. The van der Waals surface area contributed by atoms with E-state index in [4.69, 9.17) is 4.74 Å². The zero-order chi connectivity index (χ0) is 16.8. The van der Waals surface area contributed by atoms with Gasteiger partial charge in [-0.15, -0.1) is 24.0 Å². The van der Waals surface area contributed by atoms with Crippen molar-refractivity contribution in [1.29, 1.82) is 0 Å². The smallest absolute Gasteiger partial charge is 0.191 e. The summed E-state index contributed by atoms with van der Waals surface area (Å²) in [6, 6.07) is 9.37. The predicted molar refractivity (Wildman–Crippen MR) is 115 cm³/mol. The van der Waals surface area contributed by atoms with Gasteiger partial charge in [0.25, 0.3) is 0 Å². The van der Waals surface area contributed by atoms with Crippen LogP contribution in [0.5, 0.6) is 0 Å². The lowest BCUT2D eigenvalue weighted by atomic mass is 9.72. The molecule has 1 aliphatic carbocycles. The Labute approximate surface area is 169 Å². The molecule has 1 aromatic carbocycles. The standard InChI is InChI=1S/C20H31N3O.HI/c1-16-7-3-6-10-18(16)20(11-13-24-14-12-20)15-22-19(21-2)23-17-8-4-5-9-17;/h3,6-7,10,17H,4-5,8-9,11-15H2,1-2H3,(H2,21,22,23);1H. The van der Waals surface area contributed by atoms with Crippen molar-refractivity contribution in [3.8, 4) is 0 Å². The maximum Gasteiger partial charge on any atom is 0.191 e. The molecule has 2 fully saturated rings. The summed E-state index contributed by atoms with van der Waals surface area (Å²) in [6.45, 7) is 4.81. The van der Waals surface area contributed by atoms with E-state index in [0.717, 1.165) is 38.6 Å². The van der Waals surface area contributed by atoms with Crippen molar-refractivity contribution in [3.63, 3.8) is 0 Å². The van der Waals surface area contributed by atoms with Gasteiger partial charge in [-0.05, 0) is 43.7 Å². The van der Waals surface area contributed by atoms with Gasteiger partial charge in [0.15, 0.2) is 5.96 Å². The van der Waals surface area contributed by atoms with Crippen LogP contribution < -0.4 is 10.6 Å². The largest absolute Gasteiger partial charge is 0.381 e. The lowest BCUT2D eigenvalue weighted by molar-refractivity contribution is 0.0511. The van der Waals surface area contributed by atoms with Crippen molar-refractivity contribution in [3.05, 3.63) is 35.4 Å². The molecule has 0 bridgehead atoms. The zero-order valence-corrected chi connectivity index (χ0v) is 17.8. The molecule has 1 heterocycles. The van der Waals surface area contributed by atoms with Crippen LogP contribution in [0.4, 0.5) is 0 Å². The van der Waals surface area contributed by atoms with Crippen molar-refractivity contribution in [1.82, 2.24) is 10.6 Å². The van der Waals surface area contributed by atoms with E-state index in [9.17, 15) is 0 Å². The van der Waals surface area contributed by atoms with Crippen LogP contribution in [0, 0.1) is 6.92 Å². The van der Waals surface area contributed by atoms with Gasteiger partial charge in [-0.3, -0.25) is 4.99 Å². The summed E-state index contributed by atoms with van der Waals surface area (Å²) in [4.78, 5) is 4.45. The Morgan fingerprint density at radius 3 is 2.52 bits per heavy atom. The van der Waals surface area contributed by atoms with Gasteiger partial charge in [-0.25, -0.2) is 0 Å². The van der Waals surface area contributed by atoms with Crippen molar-refractivity contribution in [2.24, 2.45) is 4.99 Å². The minimum Gasteiger partial charge on any atom is -0.381 e. The number of guanidine groups is 1. The maximum absolute atomic E-state index is 5.65. The molecule has 4 nitrogen and oxygen atoms in total. The van der Waals surface area contributed by atoms with Gasteiger partial charge < -0.3 is 15.4 Å². The first kappa shape index (κ1) is 20.5. The topological polar surface area (TPSA) is 45.7 Å². The van der Waals surface area contributed by atoms with E-state index >= 15 is 0 Å². The van der Waals surface area contributed by atoms with Crippen molar-refractivity contribution >= 4 is 29.9 Å². The molecule has 0 amide bonds. The van der Waals surface area contributed by atoms with Crippen LogP contribution in [0.1, 0.15) is 49.7 Å². The number of rotatable bonds is 4. The molecule has 0 radical (unpaired) electrons. The molecule has 5 heteroatoms. The molecule has 2 N–H and O–H groups in total. The Kier molecular flexibility index (Phi) is 8.00. The number of halogens is 1. The predicted octanol–water partition coefficient (Wildman–Crippen LogP) is 3.77. The third-order valence-electron chi connectivity index (χ3n) is 5.68. The number of hydrogen-bond donors (Lipinski definition) is 2. The highest BCUT2D eigenvalue weighted by Gasteiger charge is 2.35. The van der Waals surface area contributed by atoms with E-state index in [1.54, 1.807) is 0 Å². The third kappa shape index (κ3) is 5.09. The number of ether oxygens (including phenoxy) is 1. The molecule has 0 unspecified atom stereocenters. The minimum atomic E-state index is 0. The number of benzene rings is 1. The molecule has 140 valence electrons. The van der Waals surface area contributed by atoms with E-state index in [0.29, 0.717) is 6.04 Å². The fourth-order valence-corrected chi connectivity index (χ4v) is 4.18. The van der Waals surface area contributed by atoms with Gasteiger partial charge in [0, 0.05) is 38.3 Å². The van der Waals surface area contributed by atoms with E-state index in [1.807, 2.05) is 7.05 Å². The first-order valence-electron chi connectivity index (χ1n) is 9.34. The van der Waals surface area contributed by atoms with E-state index in [1.165, 1.54) is 36.8 Å². The summed E-state index contributed by atoms with van der Waals surface area (Å²) < 4.78 is 5.65. The summed E-state index contributed by atoms with van der Waals surface area (Å²) in [7, 11) is 1.87. The third-order valence-corrected chi connectivity index (χ3v) is 5.68. The molecule has 1 saturated carbocycles. The van der Waals surface area contributed by atoms with Gasteiger partial charge in [0.2, 0.25) is 0 Å². The summed E-state index contributed by atoms with van der Waals surface area (Å²) in [6.07, 6.45) is 7.31. The van der Waals surface area contributed by atoms with E-state index in [2.05, 4.69) is 46.8 Å². The van der Waals surface area contributed by atoms with E-state index in [-0.39, 0.29) is 29.4 Å². The first-order chi connectivity index (χ1) is 11.7. The van der Waals surface area contributed by atoms with Crippen LogP contribution in [0.2, 0.25) is 0 Å². The number of aryl methyl sites for hydroxylation is 1. The van der Waals surface area contributed by atoms with Crippen LogP contribution in [-0.4, -0.2) is 38.8 Å². The molecule has 0 spiro atoms. The summed E-state index contributed by atoms with van der Waals surface area (Å²) in [5.41, 5.74) is 2.97. The monoisotopic (exact) mass is 457 g/mol. The van der Waals surface area contributed by atoms with Crippen molar-refractivity contribution in [2.45, 2.75) is 56.9 Å². The van der Waals surface area contributed by atoms with Gasteiger partial charge in [-0.1, -0.05) is 37.1 Å². The lowest BCUT2D eigenvalue weighted by Crippen LogP contribution is -2.50. The van der Waals surface area contributed by atoms with E-state index < -0.39 is 0 Å². The van der Waals surface area contributed by atoms with Gasteiger partial charge in [-0.2, -0.15) is 0 Å². The summed E-state index contributed by atoms with van der Waals surface area (Å²) in [5, 5.41) is 7.21. The Morgan fingerprint density at radius 2 is 1.88 bits per heavy atom. The van der Waals surface area contributed by atoms with Crippen LogP contribution in [0.3, 0.4) is 0 Å². The molecule has 25 heavy (non-hydrogen) atoms. The second kappa shape index (κ2) is 9.76. The molecular formula is C20H32IN3O. The molecule has 1 aliphatic heterocycles. The van der Waals surface area contributed by atoms with Gasteiger partial charge in [0.05, 0.1) is 0 Å². The van der Waals surface area contributed by atoms with Gasteiger partial charge in [0.1, 0.15) is 0 Å². The Morgan fingerprint density at radius 1 is 1.20 bits per heavy atom. The minimum absolute atomic E-state index is 0. The van der Waals surface area contributed by atoms with Crippen LogP contribution >= 0.6 is 24.0 Å². The molecule has 0 aromatic heterocycles. The van der Waals surface area contributed by atoms with Crippen molar-refractivity contribution < 1.29 is 4.74 Å². The quantitative estimate of drug-likeness (QED) is 0.411. The molecular weight excluding hydrogens is 425 g/mol. The second-order valence-electron chi connectivity index (χ2n) is 7.26. The fraction of sp³-hybridized carbons (Fsp3) is 0.650. The second-order valence-corrected chi connectivity index (χ2v) is 7.26. The first-order valence-corrected chi connectivity index (χ1v) is 9.34. The van der Waals surface area contributed by atoms with Crippen LogP contribution in [0.25, 0.3) is 0 Å². The summed E-state index contributed by atoms with van der Waals surface area (Å²) >= 11 is 0. The number of hydrogen-bond acceptors (Lipinski definition) is 2. The lowest BCUT2D eigenvalue weighted by Gasteiger charge is -2.39. The maximum atomic E-state index is 5.65. The highest BCUT2D eigenvalue weighted by atomic mass is 127. The highest BCUT2D eigenvalue weighted by molar-refractivity contribution is 14.0. The number of aliphatic imine (C=N–C) groups is 1. The average molecular weight is 457 g/mol. The van der Waals surface area contributed by atoms with Crippen LogP contribution in [0.15, 0.2) is 29.3 Å². The average Bonchev–Trinajstić information content (AvgIpc) is 3.13. The zero-order valence-electron chi connectivity index (χ0n) is 15.5. The molecule has 1 aromatic rings. The number of nitrogens with zero attached hydrogens (tertiary/aromatic N) is 1. The number of nitrogens with one attached hydrogen (secondary N) is 2. The van der Waals surface area contributed by atoms with Gasteiger partial charge >= 0.3 is 0 Å². The molecule has 3 rings (SSSR count). The SMILES string of the molecule is CN=C(NCC1(c2ccccc2C)CCOCC1)NC1CCCC1.I. The Balaban J connectivity index is 0.00000225. The Bertz CT molecular complexity index is 564.